The van der Waals surface area contributed by atoms with E-state index in [1.54, 1.807) is 0 Å². The van der Waals surface area contributed by atoms with Gasteiger partial charge in [0.2, 0.25) is 0 Å². The molecule has 2 aromatic carbocycles. The maximum absolute atomic E-state index is 6.01. The van der Waals surface area contributed by atoms with Crippen LogP contribution < -0.4 is 5.73 Å². The normalized spacial score (nSPS) is 11.3. The van der Waals surface area contributed by atoms with E-state index in [0.717, 1.165) is 40.2 Å². The highest BCUT2D eigenvalue weighted by molar-refractivity contribution is 5.94. The number of benzene rings is 2. The smallest absolute Gasteiger partial charge is 0.121 e. The molecular formula is C16H18N4. The molecule has 20 heavy (non-hydrogen) atoms. The second-order valence-corrected chi connectivity index (χ2v) is 5.25. The molecule has 0 atom stereocenters. The first-order valence-corrected chi connectivity index (χ1v) is 6.62. The Hall–Kier alpha value is -2.33. The fourth-order valence-electron chi connectivity index (χ4n) is 2.40. The average molecular weight is 266 g/mol. The highest BCUT2D eigenvalue weighted by atomic mass is 15.1. The van der Waals surface area contributed by atoms with Gasteiger partial charge in [-0.1, -0.05) is 30.3 Å². The van der Waals surface area contributed by atoms with Crippen molar-refractivity contribution in [2.45, 2.75) is 6.54 Å². The Morgan fingerprint density at radius 1 is 1.15 bits per heavy atom. The van der Waals surface area contributed by atoms with Crippen LogP contribution in [0, 0.1) is 0 Å². The summed E-state index contributed by atoms with van der Waals surface area (Å²) in [4.78, 5) is 10.1. The maximum Gasteiger partial charge on any atom is 0.121 e. The molecule has 0 aliphatic carbocycles. The van der Waals surface area contributed by atoms with E-state index >= 15 is 0 Å². The molecule has 4 nitrogen and oxygen atoms in total. The largest absolute Gasteiger partial charge is 0.399 e. The summed E-state index contributed by atoms with van der Waals surface area (Å²) >= 11 is 0. The minimum Gasteiger partial charge on any atom is -0.399 e. The summed E-state index contributed by atoms with van der Waals surface area (Å²) in [5.74, 6) is 0.952. The van der Waals surface area contributed by atoms with E-state index in [9.17, 15) is 0 Å². The van der Waals surface area contributed by atoms with Gasteiger partial charge in [0.1, 0.15) is 5.82 Å². The molecule has 1 aromatic heterocycles. The monoisotopic (exact) mass is 266 g/mol. The van der Waals surface area contributed by atoms with E-state index in [-0.39, 0.29) is 0 Å². The van der Waals surface area contributed by atoms with Crippen LogP contribution in [0.25, 0.3) is 22.2 Å². The van der Waals surface area contributed by atoms with Gasteiger partial charge in [-0.3, -0.25) is 0 Å². The van der Waals surface area contributed by atoms with Crippen molar-refractivity contribution in [1.29, 1.82) is 0 Å². The molecule has 0 aliphatic heterocycles. The van der Waals surface area contributed by atoms with Crippen LogP contribution in [-0.4, -0.2) is 29.0 Å². The molecule has 3 N–H and O–H groups in total. The Labute approximate surface area is 118 Å². The number of fused-ring (bicyclic) bond motifs is 1. The third-order valence-corrected chi connectivity index (χ3v) is 3.21. The maximum atomic E-state index is 6.01. The van der Waals surface area contributed by atoms with Gasteiger partial charge >= 0.3 is 0 Å². The average Bonchev–Trinajstić information content (AvgIpc) is 2.79. The third-order valence-electron chi connectivity index (χ3n) is 3.21. The van der Waals surface area contributed by atoms with Crippen LogP contribution in [0.2, 0.25) is 0 Å². The first kappa shape index (κ1) is 12.7. The molecule has 4 heteroatoms. The second-order valence-electron chi connectivity index (χ2n) is 5.25. The molecule has 0 fully saturated rings. The van der Waals surface area contributed by atoms with Gasteiger partial charge in [-0.15, -0.1) is 0 Å². The summed E-state index contributed by atoms with van der Waals surface area (Å²) in [6.07, 6.45) is 0. The van der Waals surface area contributed by atoms with Gasteiger partial charge in [-0.25, -0.2) is 4.98 Å². The number of rotatable bonds is 3. The molecule has 0 amide bonds. The topological polar surface area (TPSA) is 57.9 Å². The van der Waals surface area contributed by atoms with Crippen molar-refractivity contribution in [3.8, 4) is 11.1 Å². The minimum atomic E-state index is 0.747. The molecule has 0 spiro atoms. The summed E-state index contributed by atoms with van der Waals surface area (Å²) in [7, 11) is 4.05. The van der Waals surface area contributed by atoms with E-state index in [0.29, 0.717) is 0 Å². The van der Waals surface area contributed by atoms with Crippen molar-refractivity contribution in [3.05, 3.63) is 48.3 Å². The first-order valence-electron chi connectivity index (χ1n) is 6.62. The van der Waals surface area contributed by atoms with Crippen LogP contribution in [0.4, 0.5) is 5.69 Å². The summed E-state index contributed by atoms with van der Waals surface area (Å²) < 4.78 is 0. The number of aromatic nitrogens is 2. The lowest BCUT2D eigenvalue weighted by Crippen LogP contribution is -2.11. The van der Waals surface area contributed by atoms with Crippen molar-refractivity contribution in [2.24, 2.45) is 0 Å². The van der Waals surface area contributed by atoms with Crippen molar-refractivity contribution in [2.75, 3.05) is 19.8 Å². The number of nitrogens with zero attached hydrogens (tertiary/aromatic N) is 2. The van der Waals surface area contributed by atoms with Crippen LogP contribution >= 0.6 is 0 Å². The predicted molar refractivity (Wildman–Crippen MR) is 83.3 cm³/mol. The van der Waals surface area contributed by atoms with Gasteiger partial charge in [0.25, 0.3) is 0 Å². The van der Waals surface area contributed by atoms with E-state index in [1.165, 1.54) is 0 Å². The SMILES string of the molecule is CN(C)Cc1nc2c(-c3ccccc3)cc(N)cc2[nH]1. The fourth-order valence-corrected chi connectivity index (χ4v) is 2.40. The van der Waals surface area contributed by atoms with Gasteiger partial charge in [0, 0.05) is 11.3 Å². The summed E-state index contributed by atoms with van der Waals surface area (Å²) in [5, 5.41) is 0. The van der Waals surface area contributed by atoms with E-state index in [4.69, 9.17) is 10.7 Å². The highest BCUT2D eigenvalue weighted by Gasteiger charge is 2.10. The van der Waals surface area contributed by atoms with Crippen molar-refractivity contribution in [3.63, 3.8) is 0 Å². The quantitative estimate of drug-likeness (QED) is 0.717. The van der Waals surface area contributed by atoms with Gasteiger partial charge in [-0.05, 0) is 31.8 Å². The number of anilines is 1. The molecule has 0 unspecified atom stereocenters. The minimum absolute atomic E-state index is 0.747. The summed E-state index contributed by atoms with van der Waals surface area (Å²) in [5.41, 5.74) is 10.9. The molecule has 102 valence electrons. The van der Waals surface area contributed by atoms with Crippen molar-refractivity contribution >= 4 is 16.7 Å². The van der Waals surface area contributed by atoms with E-state index in [2.05, 4.69) is 22.0 Å². The van der Waals surface area contributed by atoms with Gasteiger partial charge < -0.3 is 15.6 Å². The van der Waals surface area contributed by atoms with Crippen molar-refractivity contribution < 1.29 is 0 Å². The molecule has 0 bridgehead atoms. The fraction of sp³-hybridized carbons (Fsp3) is 0.188. The Kier molecular flexibility index (Phi) is 3.16. The van der Waals surface area contributed by atoms with Crippen LogP contribution in [0.5, 0.6) is 0 Å². The zero-order valence-corrected chi connectivity index (χ0v) is 11.7. The Morgan fingerprint density at radius 3 is 2.60 bits per heavy atom. The first-order chi connectivity index (χ1) is 9.63. The van der Waals surface area contributed by atoms with Crippen molar-refractivity contribution in [1.82, 2.24) is 14.9 Å². The van der Waals surface area contributed by atoms with E-state index < -0.39 is 0 Å². The van der Waals surface area contributed by atoms with E-state index in [1.807, 2.05) is 44.4 Å². The number of aromatic amines is 1. The molecule has 1 heterocycles. The molecule has 0 saturated carbocycles. The predicted octanol–water partition coefficient (Wildman–Crippen LogP) is 2.87. The Balaban J connectivity index is 2.18. The number of nitrogens with one attached hydrogen (secondary N) is 1. The lowest BCUT2D eigenvalue weighted by molar-refractivity contribution is 0.392. The molecule has 0 radical (unpaired) electrons. The zero-order valence-electron chi connectivity index (χ0n) is 11.7. The zero-order chi connectivity index (χ0) is 14.1. The molecule has 3 aromatic rings. The Bertz CT molecular complexity index is 729. The number of hydrogen-bond donors (Lipinski definition) is 2. The highest BCUT2D eigenvalue weighted by Crippen LogP contribution is 2.29. The van der Waals surface area contributed by atoms with Gasteiger partial charge in [0.15, 0.2) is 0 Å². The summed E-state index contributed by atoms with van der Waals surface area (Å²) in [6, 6.07) is 14.1. The third kappa shape index (κ3) is 2.38. The Morgan fingerprint density at radius 2 is 1.90 bits per heavy atom. The number of H-pyrrole nitrogens is 1. The standard InChI is InChI=1S/C16H18N4/c1-20(2)10-15-18-14-9-12(17)8-13(16(14)19-15)11-6-4-3-5-7-11/h3-9H,10,17H2,1-2H3,(H,18,19). The van der Waals surface area contributed by atoms with Gasteiger partial charge in [0.05, 0.1) is 17.6 Å². The number of hydrogen-bond acceptors (Lipinski definition) is 3. The molecule has 0 saturated heterocycles. The number of nitrogens with two attached hydrogens (primary N) is 1. The van der Waals surface area contributed by atoms with Crippen LogP contribution in [0.1, 0.15) is 5.82 Å². The molecular weight excluding hydrogens is 248 g/mol. The number of nitrogen functional groups attached to an aromatic ring is 1. The van der Waals surface area contributed by atoms with Gasteiger partial charge in [-0.2, -0.15) is 0 Å². The van der Waals surface area contributed by atoms with Crippen LogP contribution in [-0.2, 0) is 6.54 Å². The van der Waals surface area contributed by atoms with Crippen LogP contribution in [0.15, 0.2) is 42.5 Å². The molecule has 3 rings (SSSR count). The second kappa shape index (κ2) is 4.98. The van der Waals surface area contributed by atoms with Crippen LogP contribution in [0.3, 0.4) is 0 Å². The lowest BCUT2D eigenvalue weighted by atomic mass is 10.0. The lowest BCUT2D eigenvalue weighted by Gasteiger charge is -2.05. The molecule has 0 aliphatic rings. The number of imidazole rings is 1. The summed E-state index contributed by atoms with van der Waals surface area (Å²) in [6.45, 7) is 0.781.